The average Bonchev–Trinajstić information content (AvgIpc) is 2.51. The molecular formula is C9H16N2O. The van der Waals surface area contributed by atoms with Crippen LogP contribution in [0, 0.1) is 0 Å². The number of hydrogen-bond donors (Lipinski definition) is 1. The van der Waals surface area contributed by atoms with Crippen molar-refractivity contribution in [3.63, 3.8) is 0 Å². The Kier molecular flexibility index (Phi) is 2.87. The number of nitrogens with two attached hydrogens (primary N) is 1. The lowest BCUT2D eigenvalue weighted by molar-refractivity contribution is 0.359. The minimum Gasteiger partial charge on any atom is -0.359 e. The molecule has 0 aliphatic carbocycles. The monoisotopic (exact) mass is 168 g/mol. The molecule has 0 saturated carbocycles. The van der Waals surface area contributed by atoms with Crippen LogP contribution in [0.2, 0.25) is 0 Å². The van der Waals surface area contributed by atoms with Gasteiger partial charge in [0.15, 0.2) is 5.76 Å². The van der Waals surface area contributed by atoms with Crippen molar-refractivity contribution < 1.29 is 4.52 Å². The molecule has 3 heteroatoms. The predicted octanol–water partition coefficient (Wildman–Crippen LogP) is 2.21. The van der Waals surface area contributed by atoms with Crippen LogP contribution in [-0.4, -0.2) is 5.16 Å². The molecule has 0 amide bonds. The van der Waals surface area contributed by atoms with Crippen molar-refractivity contribution in [1.82, 2.24) is 5.16 Å². The zero-order valence-corrected chi connectivity index (χ0v) is 7.87. The first kappa shape index (κ1) is 9.26. The first-order chi connectivity index (χ1) is 5.65. The predicted molar refractivity (Wildman–Crippen MR) is 47.8 cm³/mol. The third-order valence-corrected chi connectivity index (χ3v) is 2.11. The zero-order chi connectivity index (χ0) is 9.14. The minimum atomic E-state index is -0.0599. The third-order valence-electron chi connectivity index (χ3n) is 2.11. The second-order valence-corrected chi connectivity index (χ2v) is 3.25. The van der Waals surface area contributed by atoms with Gasteiger partial charge in [0.2, 0.25) is 0 Å². The van der Waals surface area contributed by atoms with Gasteiger partial charge in [0, 0.05) is 12.0 Å². The lowest BCUT2D eigenvalue weighted by Crippen LogP contribution is -2.02. The van der Waals surface area contributed by atoms with Crippen LogP contribution in [0.3, 0.4) is 0 Å². The number of rotatable bonds is 3. The van der Waals surface area contributed by atoms with Gasteiger partial charge >= 0.3 is 0 Å². The topological polar surface area (TPSA) is 52.0 Å². The van der Waals surface area contributed by atoms with Crippen LogP contribution < -0.4 is 5.73 Å². The Balaban J connectivity index is 2.77. The molecule has 2 unspecified atom stereocenters. The molecule has 1 aromatic heterocycles. The summed E-state index contributed by atoms with van der Waals surface area (Å²) in [6.07, 6.45) is 1.07. The molecule has 0 fully saturated rings. The minimum absolute atomic E-state index is 0.0599. The molecule has 68 valence electrons. The molecule has 0 aliphatic heterocycles. The Hall–Kier alpha value is -0.830. The normalized spacial score (nSPS) is 16.0. The SMILES string of the molecule is CCC(C)c1cc(C(C)N)on1. The van der Waals surface area contributed by atoms with E-state index in [-0.39, 0.29) is 6.04 Å². The lowest BCUT2D eigenvalue weighted by Gasteiger charge is -2.00. The van der Waals surface area contributed by atoms with Crippen molar-refractivity contribution in [1.29, 1.82) is 0 Å². The van der Waals surface area contributed by atoms with E-state index >= 15 is 0 Å². The van der Waals surface area contributed by atoms with Crippen LogP contribution >= 0.6 is 0 Å². The fraction of sp³-hybridized carbons (Fsp3) is 0.667. The van der Waals surface area contributed by atoms with Crippen LogP contribution in [0.4, 0.5) is 0 Å². The van der Waals surface area contributed by atoms with Crippen LogP contribution in [0.25, 0.3) is 0 Å². The quantitative estimate of drug-likeness (QED) is 0.752. The number of nitrogens with zero attached hydrogens (tertiary/aromatic N) is 1. The lowest BCUT2D eigenvalue weighted by atomic mass is 10.0. The Labute approximate surface area is 72.9 Å². The summed E-state index contributed by atoms with van der Waals surface area (Å²) in [5.41, 5.74) is 6.64. The largest absolute Gasteiger partial charge is 0.359 e. The van der Waals surface area contributed by atoms with Crippen molar-refractivity contribution in [2.75, 3.05) is 0 Å². The van der Waals surface area contributed by atoms with Crippen LogP contribution in [0.5, 0.6) is 0 Å². The summed E-state index contributed by atoms with van der Waals surface area (Å²) < 4.78 is 5.07. The summed E-state index contributed by atoms with van der Waals surface area (Å²) in [6.45, 7) is 6.15. The van der Waals surface area contributed by atoms with Crippen LogP contribution in [0.15, 0.2) is 10.6 Å². The molecule has 2 N–H and O–H groups in total. The summed E-state index contributed by atoms with van der Waals surface area (Å²) in [4.78, 5) is 0. The zero-order valence-electron chi connectivity index (χ0n) is 7.87. The van der Waals surface area contributed by atoms with Crippen molar-refractivity contribution in [2.45, 2.75) is 39.2 Å². The van der Waals surface area contributed by atoms with E-state index in [9.17, 15) is 0 Å². The molecule has 0 radical (unpaired) electrons. The number of aromatic nitrogens is 1. The molecule has 2 atom stereocenters. The summed E-state index contributed by atoms with van der Waals surface area (Å²) in [5, 5.41) is 3.95. The summed E-state index contributed by atoms with van der Waals surface area (Å²) >= 11 is 0. The van der Waals surface area contributed by atoms with Crippen molar-refractivity contribution in [2.24, 2.45) is 5.73 Å². The highest BCUT2D eigenvalue weighted by Gasteiger charge is 2.11. The summed E-state index contributed by atoms with van der Waals surface area (Å²) in [7, 11) is 0. The maximum absolute atomic E-state index is 5.63. The van der Waals surface area contributed by atoms with Gasteiger partial charge in [0.25, 0.3) is 0 Å². The number of hydrogen-bond acceptors (Lipinski definition) is 3. The van der Waals surface area contributed by atoms with Gasteiger partial charge in [-0.3, -0.25) is 0 Å². The van der Waals surface area contributed by atoms with Gasteiger partial charge in [-0.1, -0.05) is 19.0 Å². The van der Waals surface area contributed by atoms with Crippen molar-refractivity contribution >= 4 is 0 Å². The molecule has 0 saturated heterocycles. The first-order valence-electron chi connectivity index (χ1n) is 4.37. The molecular weight excluding hydrogens is 152 g/mol. The molecule has 1 aromatic rings. The van der Waals surface area contributed by atoms with E-state index in [1.165, 1.54) is 0 Å². The molecule has 12 heavy (non-hydrogen) atoms. The fourth-order valence-corrected chi connectivity index (χ4v) is 0.960. The van der Waals surface area contributed by atoms with Gasteiger partial charge < -0.3 is 10.3 Å². The van der Waals surface area contributed by atoms with Crippen molar-refractivity contribution in [3.8, 4) is 0 Å². The van der Waals surface area contributed by atoms with Crippen molar-refractivity contribution in [3.05, 3.63) is 17.5 Å². The molecule has 0 bridgehead atoms. The van der Waals surface area contributed by atoms with Gasteiger partial charge in [-0.05, 0) is 13.3 Å². The van der Waals surface area contributed by atoms with Gasteiger partial charge in [0.05, 0.1) is 11.7 Å². The van der Waals surface area contributed by atoms with Crippen LogP contribution in [-0.2, 0) is 0 Å². The molecule has 3 nitrogen and oxygen atoms in total. The van der Waals surface area contributed by atoms with E-state index in [2.05, 4.69) is 19.0 Å². The summed E-state index contributed by atoms with van der Waals surface area (Å²) in [6, 6.07) is 1.88. The molecule has 0 aliphatic rings. The Bertz CT molecular complexity index is 242. The summed E-state index contributed by atoms with van der Waals surface area (Å²) in [5.74, 6) is 1.23. The van der Waals surface area contributed by atoms with E-state index in [4.69, 9.17) is 10.3 Å². The second kappa shape index (κ2) is 3.72. The average molecular weight is 168 g/mol. The van der Waals surface area contributed by atoms with E-state index in [0.29, 0.717) is 5.92 Å². The van der Waals surface area contributed by atoms with Gasteiger partial charge in [-0.2, -0.15) is 0 Å². The van der Waals surface area contributed by atoms with Gasteiger partial charge in [0.1, 0.15) is 0 Å². The highest BCUT2D eigenvalue weighted by atomic mass is 16.5. The van der Waals surface area contributed by atoms with Crippen LogP contribution in [0.1, 0.15) is 50.6 Å². The van der Waals surface area contributed by atoms with Gasteiger partial charge in [-0.25, -0.2) is 0 Å². The van der Waals surface area contributed by atoms with E-state index in [0.717, 1.165) is 17.9 Å². The van der Waals surface area contributed by atoms with E-state index < -0.39 is 0 Å². The van der Waals surface area contributed by atoms with E-state index in [1.54, 1.807) is 0 Å². The standard InChI is InChI=1S/C9H16N2O/c1-4-6(2)8-5-9(7(3)10)12-11-8/h5-7H,4,10H2,1-3H3. The molecule has 0 spiro atoms. The highest BCUT2D eigenvalue weighted by Crippen LogP contribution is 2.20. The fourth-order valence-electron chi connectivity index (χ4n) is 0.960. The molecule has 1 heterocycles. The highest BCUT2D eigenvalue weighted by molar-refractivity contribution is 5.11. The van der Waals surface area contributed by atoms with E-state index in [1.807, 2.05) is 13.0 Å². The molecule has 0 aromatic carbocycles. The Morgan fingerprint density at radius 3 is 2.67 bits per heavy atom. The molecule has 1 rings (SSSR count). The third kappa shape index (κ3) is 1.85. The maximum atomic E-state index is 5.63. The smallest absolute Gasteiger partial charge is 0.153 e. The van der Waals surface area contributed by atoms with Gasteiger partial charge in [-0.15, -0.1) is 0 Å². The first-order valence-corrected chi connectivity index (χ1v) is 4.37. The maximum Gasteiger partial charge on any atom is 0.153 e. The Morgan fingerprint density at radius 1 is 1.58 bits per heavy atom. The second-order valence-electron chi connectivity index (χ2n) is 3.25. The Morgan fingerprint density at radius 2 is 2.25 bits per heavy atom.